The van der Waals surface area contributed by atoms with E-state index in [4.69, 9.17) is 4.74 Å². The highest BCUT2D eigenvalue weighted by atomic mass is 32.1. The number of aromatic nitrogens is 3. The molecule has 0 spiro atoms. The van der Waals surface area contributed by atoms with Gasteiger partial charge in [0.05, 0.1) is 23.2 Å². The van der Waals surface area contributed by atoms with E-state index in [1.165, 1.54) is 18.3 Å². The van der Waals surface area contributed by atoms with Crippen LogP contribution in [0.1, 0.15) is 12.6 Å². The number of carbonyl (C=O) groups excluding carboxylic acids is 2. The molecule has 0 radical (unpaired) electrons. The molecule has 0 aliphatic rings. The fraction of sp³-hybridized carbons (Fsp3) is 0.136. The van der Waals surface area contributed by atoms with Crippen molar-refractivity contribution in [1.29, 1.82) is 0 Å². The van der Waals surface area contributed by atoms with Gasteiger partial charge in [-0.15, -0.1) is 11.3 Å². The second-order valence-corrected chi connectivity index (χ2v) is 7.61. The third-order valence-electron chi connectivity index (χ3n) is 4.57. The first kappa shape index (κ1) is 20.4. The summed E-state index contributed by atoms with van der Waals surface area (Å²) in [6, 6.07) is 16.4. The molecule has 1 unspecified atom stereocenters. The van der Waals surface area contributed by atoms with Crippen LogP contribution in [-0.2, 0) is 20.7 Å². The summed E-state index contributed by atoms with van der Waals surface area (Å²) >= 11 is 1.29. The summed E-state index contributed by atoms with van der Waals surface area (Å²) in [7, 11) is 0. The lowest BCUT2D eigenvalue weighted by molar-refractivity contribution is -0.152. The number of fused-ring (bicyclic) bond motifs is 1. The van der Waals surface area contributed by atoms with E-state index in [-0.39, 0.29) is 12.0 Å². The zero-order valence-electron chi connectivity index (χ0n) is 16.5. The fourth-order valence-corrected chi connectivity index (χ4v) is 3.74. The number of nitrogens with zero attached hydrogens (tertiary/aromatic N) is 2. The first-order valence-corrected chi connectivity index (χ1v) is 10.4. The van der Waals surface area contributed by atoms with Crippen LogP contribution in [0.2, 0.25) is 0 Å². The van der Waals surface area contributed by atoms with Crippen LogP contribution in [-0.4, -0.2) is 33.2 Å². The van der Waals surface area contributed by atoms with Crippen LogP contribution >= 0.6 is 11.3 Å². The van der Waals surface area contributed by atoms with Gasteiger partial charge in [-0.3, -0.25) is 19.7 Å². The number of amides is 1. The van der Waals surface area contributed by atoms with Crippen LogP contribution in [0.25, 0.3) is 22.0 Å². The maximum atomic E-state index is 12.4. The van der Waals surface area contributed by atoms with Crippen molar-refractivity contribution < 1.29 is 14.3 Å². The minimum atomic E-state index is -1.02. The van der Waals surface area contributed by atoms with Crippen molar-refractivity contribution in [2.75, 3.05) is 5.32 Å². The number of H-pyrrole nitrogens is 1. The number of anilines is 1. The molecule has 4 aromatic rings. The number of nitrogens with one attached hydrogen (secondary N) is 2. The molecule has 1 atom stereocenters. The van der Waals surface area contributed by atoms with Crippen molar-refractivity contribution in [2.45, 2.75) is 19.4 Å². The van der Waals surface area contributed by atoms with Gasteiger partial charge in [0.15, 0.2) is 11.2 Å². The number of rotatable bonds is 6. The van der Waals surface area contributed by atoms with E-state index >= 15 is 0 Å². The summed E-state index contributed by atoms with van der Waals surface area (Å²) in [4.78, 5) is 41.0. The van der Waals surface area contributed by atoms with Crippen molar-refractivity contribution in [2.24, 2.45) is 0 Å². The molecule has 156 valence electrons. The van der Waals surface area contributed by atoms with Gasteiger partial charge >= 0.3 is 5.97 Å². The van der Waals surface area contributed by atoms with Crippen LogP contribution < -0.4 is 10.9 Å². The van der Waals surface area contributed by atoms with E-state index in [2.05, 4.69) is 20.5 Å². The van der Waals surface area contributed by atoms with Crippen LogP contribution in [0.5, 0.6) is 0 Å². The zero-order chi connectivity index (χ0) is 21.8. The normalized spacial score (nSPS) is 11.8. The quantitative estimate of drug-likeness (QED) is 0.451. The summed E-state index contributed by atoms with van der Waals surface area (Å²) in [5.74, 6) is -1.11. The van der Waals surface area contributed by atoms with E-state index in [1.807, 2.05) is 35.7 Å². The molecule has 0 aliphatic heterocycles. The Morgan fingerprint density at radius 1 is 1.10 bits per heavy atom. The Bertz CT molecular complexity index is 1300. The lowest BCUT2D eigenvalue weighted by atomic mass is 10.1. The third-order valence-corrected chi connectivity index (χ3v) is 5.33. The van der Waals surface area contributed by atoms with Crippen molar-refractivity contribution >= 4 is 39.1 Å². The van der Waals surface area contributed by atoms with Gasteiger partial charge in [0, 0.05) is 16.3 Å². The van der Waals surface area contributed by atoms with Crippen LogP contribution in [0, 0.1) is 0 Å². The number of esters is 1. The summed E-state index contributed by atoms with van der Waals surface area (Å²) in [6.07, 6.45) is -1.20. The Hall–Kier alpha value is -3.85. The van der Waals surface area contributed by atoms with Gasteiger partial charge in [0.2, 0.25) is 0 Å². The summed E-state index contributed by atoms with van der Waals surface area (Å²) in [5, 5.41) is 12.2. The molecule has 4 rings (SSSR count). The van der Waals surface area contributed by atoms with Gasteiger partial charge < -0.3 is 4.74 Å². The van der Waals surface area contributed by atoms with Crippen molar-refractivity contribution in [3.05, 3.63) is 76.0 Å². The largest absolute Gasteiger partial charge is 0.452 e. The highest BCUT2D eigenvalue weighted by Crippen LogP contribution is 2.24. The third kappa shape index (κ3) is 4.67. The molecule has 0 bridgehead atoms. The maximum absolute atomic E-state index is 12.4. The number of hydrogen-bond acceptors (Lipinski definition) is 7. The number of carbonyl (C=O) groups is 2. The maximum Gasteiger partial charge on any atom is 0.312 e. The summed E-state index contributed by atoms with van der Waals surface area (Å²) in [5.41, 5.74) is 1.74. The molecular formula is C22H18N4O4S. The fourth-order valence-electron chi connectivity index (χ4n) is 3.01. The van der Waals surface area contributed by atoms with Gasteiger partial charge in [-0.25, -0.2) is 10.1 Å². The minimum Gasteiger partial charge on any atom is -0.452 e. The molecule has 31 heavy (non-hydrogen) atoms. The average molecular weight is 434 g/mol. The predicted octanol–water partition coefficient (Wildman–Crippen LogP) is 3.16. The zero-order valence-corrected chi connectivity index (χ0v) is 17.3. The molecular weight excluding hydrogens is 416 g/mol. The lowest BCUT2D eigenvalue weighted by Gasteiger charge is -2.12. The highest BCUT2D eigenvalue weighted by Gasteiger charge is 2.20. The topological polar surface area (TPSA) is 114 Å². The molecule has 0 saturated carbocycles. The molecule has 1 amide bonds. The van der Waals surface area contributed by atoms with Crippen LogP contribution in [0.15, 0.2) is 64.8 Å². The van der Waals surface area contributed by atoms with Gasteiger partial charge in [-0.1, -0.05) is 48.5 Å². The Labute approximate surface area is 180 Å². The molecule has 0 fully saturated rings. The monoisotopic (exact) mass is 434 g/mol. The van der Waals surface area contributed by atoms with Gasteiger partial charge in [0.25, 0.3) is 11.5 Å². The Balaban J connectivity index is 1.38. The van der Waals surface area contributed by atoms with E-state index < -0.39 is 18.0 Å². The summed E-state index contributed by atoms with van der Waals surface area (Å²) < 4.78 is 5.25. The van der Waals surface area contributed by atoms with E-state index in [9.17, 15) is 14.4 Å². The molecule has 2 aromatic carbocycles. The Kier molecular flexibility index (Phi) is 5.85. The second kappa shape index (κ2) is 8.88. The number of ether oxygens (including phenoxy) is 1. The van der Waals surface area contributed by atoms with Gasteiger partial charge in [0.1, 0.15) is 0 Å². The number of hydrogen-bond donors (Lipinski definition) is 2. The van der Waals surface area contributed by atoms with Crippen LogP contribution in [0.4, 0.5) is 5.13 Å². The number of benzene rings is 2. The molecule has 2 heterocycles. The number of thiazole rings is 1. The van der Waals surface area contributed by atoms with Gasteiger partial charge in [-0.2, -0.15) is 5.10 Å². The Morgan fingerprint density at radius 2 is 1.81 bits per heavy atom. The van der Waals surface area contributed by atoms with E-state index in [0.717, 1.165) is 11.3 Å². The predicted molar refractivity (Wildman–Crippen MR) is 118 cm³/mol. The SMILES string of the molecule is CC(OC(=O)Cc1n[nH]c(=O)c2ccccc12)C(=O)Nc1nc(-c2ccccc2)cs1. The molecule has 2 aromatic heterocycles. The van der Waals surface area contributed by atoms with E-state index in [1.54, 1.807) is 24.3 Å². The average Bonchev–Trinajstić information content (AvgIpc) is 3.25. The molecule has 0 aliphatic carbocycles. The first-order valence-electron chi connectivity index (χ1n) is 9.49. The minimum absolute atomic E-state index is 0.176. The first-order chi connectivity index (χ1) is 15.0. The molecule has 9 heteroatoms. The lowest BCUT2D eigenvalue weighted by Crippen LogP contribution is -2.30. The molecule has 0 saturated heterocycles. The smallest absolute Gasteiger partial charge is 0.312 e. The second-order valence-electron chi connectivity index (χ2n) is 6.75. The van der Waals surface area contributed by atoms with E-state index in [0.29, 0.717) is 21.6 Å². The Morgan fingerprint density at radius 3 is 2.58 bits per heavy atom. The molecule has 8 nitrogen and oxygen atoms in total. The standard InChI is InChI=1S/C22H18N4O4S/c1-13(20(28)24-22-23-18(12-31-22)14-7-3-2-4-8-14)30-19(27)11-17-15-9-5-6-10-16(15)21(29)26-25-17/h2-10,12-13H,11H2,1H3,(H,26,29)(H,23,24,28). The van der Waals surface area contributed by atoms with Crippen LogP contribution in [0.3, 0.4) is 0 Å². The van der Waals surface area contributed by atoms with Crippen molar-refractivity contribution in [3.8, 4) is 11.3 Å². The van der Waals surface area contributed by atoms with Crippen molar-refractivity contribution in [1.82, 2.24) is 15.2 Å². The van der Waals surface area contributed by atoms with Crippen molar-refractivity contribution in [3.63, 3.8) is 0 Å². The summed E-state index contributed by atoms with van der Waals surface area (Å²) in [6.45, 7) is 1.48. The number of aromatic amines is 1. The highest BCUT2D eigenvalue weighted by molar-refractivity contribution is 7.14. The van der Waals surface area contributed by atoms with Gasteiger partial charge in [-0.05, 0) is 13.0 Å². The molecule has 2 N–H and O–H groups in total.